The van der Waals surface area contributed by atoms with Crippen LogP contribution < -0.4 is 0 Å². The molecule has 2 aromatic carbocycles. The highest BCUT2D eigenvalue weighted by molar-refractivity contribution is 6.46. The summed E-state index contributed by atoms with van der Waals surface area (Å²) in [5.41, 5.74) is 3.20. The number of para-hydroxylation sites is 1. The molecule has 3 heterocycles. The Balaban J connectivity index is 1.65. The fourth-order valence-electron chi connectivity index (χ4n) is 4.37. The fraction of sp³-hybridized carbons (Fsp3) is 0.111. The van der Waals surface area contributed by atoms with Gasteiger partial charge in [-0.25, -0.2) is 4.68 Å². The number of amides is 1. The largest absolute Gasteiger partial charge is 0.507 e. The Bertz CT molecular complexity index is 1450. The van der Waals surface area contributed by atoms with E-state index >= 15 is 0 Å². The molecule has 0 radical (unpaired) electrons. The number of aromatic nitrogens is 3. The van der Waals surface area contributed by atoms with Crippen LogP contribution >= 0.6 is 11.6 Å². The maximum atomic E-state index is 13.3. The van der Waals surface area contributed by atoms with Crippen LogP contribution in [0.1, 0.15) is 28.4 Å². The molecule has 1 amide bonds. The summed E-state index contributed by atoms with van der Waals surface area (Å²) in [6.45, 7) is 1.95. The molecule has 0 aliphatic carbocycles. The normalized spacial score (nSPS) is 17.2. The molecule has 8 heteroatoms. The van der Waals surface area contributed by atoms with Crippen molar-refractivity contribution in [3.63, 3.8) is 0 Å². The number of aliphatic hydroxyl groups excluding tert-OH is 1. The zero-order chi connectivity index (χ0) is 24.5. The van der Waals surface area contributed by atoms with Crippen LogP contribution in [0.25, 0.3) is 11.4 Å². The summed E-state index contributed by atoms with van der Waals surface area (Å²) in [6, 6.07) is 19.2. The Morgan fingerprint density at radius 3 is 2.54 bits per heavy atom. The molecule has 35 heavy (non-hydrogen) atoms. The zero-order valence-corrected chi connectivity index (χ0v) is 19.6. The number of hydrogen-bond donors (Lipinski definition) is 1. The number of nitrogens with zero attached hydrogens (tertiary/aromatic N) is 4. The number of Topliss-reactive ketones (excluding diaryl/α,β-unsaturated/α-hetero) is 1. The summed E-state index contributed by atoms with van der Waals surface area (Å²) in [5, 5.41) is 16.3. The second-order valence-electron chi connectivity index (χ2n) is 8.23. The molecule has 1 aliphatic rings. The number of hydrogen-bond acceptors (Lipinski definition) is 5. The molecule has 0 bridgehead atoms. The van der Waals surface area contributed by atoms with Gasteiger partial charge in [0.25, 0.3) is 11.7 Å². The van der Waals surface area contributed by atoms with E-state index in [1.807, 2.05) is 36.4 Å². The first-order valence-electron chi connectivity index (χ1n) is 11.0. The fourth-order valence-corrected chi connectivity index (χ4v) is 4.57. The van der Waals surface area contributed by atoms with E-state index in [1.165, 1.54) is 11.1 Å². The van der Waals surface area contributed by atoms with Gasteiger partial charge >= 0.3 is 0 Å². The predicted molar refractivity (Wildman–Crippen MR) is 132 cm³/mol. The standard InChI is InChI=1S/C27H21ClN4O3/c1-17-22(15-30-32(17)21-10-3-2-4-11-21)25(33)23-24(19-8-5-9-20(28)13-19)31(27(35)26(23)34)16-18-7-6-12-29-14-18/h2-15,24,33H,16H2,1H3/b25-23+. The van der Waals surface area contributed by atoms with E-state index in [9.17, 15) is 14.7 Å². The van der Waals surface area contributed by atoms with Crippen molar-refractivity contribution in [3.05, 3.63) is 118 Å². The van der Waals surface area contributed by atoms with E-state index in [2.05, 4.69) is 10.1 Å². The van der Waals surface area contributed by atoms with Crippen molar-refractivity contribution in [1.82, 2.24) is 19.7 Å². The minimum atomic E-state index is -0.826. The summed E-state index contributed by atoms with van der Waals surface area (Å²) in [7, 11) is 0. The number of likely N-dealkylation sites (tertiary alicyclic amines) is 1. The molecule has 2 aromatic heterocycles. The topological polar surface area (TPSA) is 88.3 Å². The Labute approximate surface area is 206 Å². The van der Waals surface area contributed by atoms with Crippen LogP contribution in [-0.4, -0.2) is 36.5 Å². The lowest BCUT2D eigenvalue weighted by Gasteiger charge is -2.25. The summed E-state index contributed by atoms with van der Waals surface area (Å²) < 4.78 is 1.68. The van der Waals surface area contributed by atoms with Crippen molar-refractivity contribution in [2.24, 2.45) is 0 Å². The SMILES string of the molecule is Cc1c(/C(O)=C2\C(=O)C(=O)N(Cc3cccnc3)C2c2cccc(Cl)c2)cnn1-c1ccccc1. The van der Waals surface area contributed by atoms with Crippen molar-refractivity contribution in [2.45, 2.75) is 19.5 Å². The van der Waals surface area contributed by atoms with E-state index in [-0.39, 0.29) is 17.9 Å². The zero-order valence-electron chi connectivity index (χ0n) is 18.8. The van der Waals surface area contributed by atoms with Gasteiger partial charge in [-0.05, 0) is 48.4 Å². The van der Waals surface area contributed by atoms with Gasteiger partial charge in [0.1, 0.15) is 5.76 Å². The minimum absolute atomic E-state index is 0.00290. The lowest BCUT2D eigenvalue weighted by atomic mass is 9.95. The quantitative estimate of drug-likeness (QED) is 0.248. The van der Waals surface area contributed by atoms with Gasteiger partial charge in [-0.1, -0.05) is 48.0 Å². The number of carbonyl (C=O) groups is 2. The Morgan fingerprint density at radius 2 is 1.83 bits per heavy atom. The molecule has 4 aromatic rings. The number of carbonyl (C=O) groups excluding carboxylic acids is 2. The monoisotopic (exact) mass is 484 g/mol. The van der Waals surface area contributed by atoms with Crippen molar-refractivity contribution in [1.29, 1.82) is 0 Å². The average molecular weight is 485 g/mol. The third-order valence-electron chi connectivity index (χ3n) is 6.05. The molecule has 1 N–H and O–H groups in total. The van der Waals surface area contributed by atoms with Crippen LogP contribution in [-0.2, 0) is 16.1 Å². The molecular formula is C27H21ClN4O3. The minimum Gasteiger partial charge on any atom is -0.507 e. The first-order valence-corrected chi connectivity index (χ1v) is 11.4. The van der Waals surface area contributed by atoms with Crippen LogP contribution in [0.3, 0.4) is 0 Å². The Kier molecular flexibility index (Phi) is 5.93. The van der Waals surface area contributed by atoms with E-state index in [0.29, 0.717) is 21.8 Å². The van der Waals surface area contributed by atoms with Crippen LogP contribution in [0.5, 0.6) is 0 Å². The lowest BCUT2D eigenvalue weighted by molar-refractivity contribution is -0.140. The molecule has 0 saturated carbocycles. The lowest BCUT2D eigenvalue weighted by Crippen LogP contribution is -2.29. The maximum Gasteiger partial charge on any atom is 0.295 e. The van der Waals surface area contributed by atoms with Crippen molar-refractivity contribution in [2.75, 3.05) is 0 Å². The van der Waals surface area contributed by atoms with Crippen molar-refractivity contribution in [3.8, 4) is 5.69 Å². The first kappa shape index (κ1) is 22.6. The van der Waals surface area contributed by atoms with Gasteiger partial charge in [0.05, 0.1) is 34.8 Å². The number of halogens is 1. The summed E-state index contributed by atoms with van der Waals surface area (Å²) in [4.78, 5) is 32.0. The second kappa shape index (κ2) is 9.19. The molecule has 174 valence electrons. The van der Waals surface area contributed by atoms with Gasteiger partial charge in [0.15, 0.2) is 0 Å². The summed E-state index contributed by atoms with van der Waals surface area (Å²) in [6.07, 6.45) is 4.78. The molecule has 1 unspecified atom stereocenters. The smallest absolute Gasteiger partial charge is 0.295 e. The van der Waals surface area contributed by atoms with Crippen molar-refractivity contribution < 1.29 is 14.7 Å². The van der Waals surface area contributed by atoms with Gasteiger partial charge in [-0.15, -0.1) is 0 Å². The molecule has 7 nitrogen and oxygen atoms in total. The second-order valence-corrected chi connectivity index (χ2v) is 8.67. The highest BCUT2D eigenvalue weighted by Gasteiger charge is 2.46. The highest BCUT2D eigenvalue weighted by Crippen LogP contribution is 2.41. The van der Waals surface area contributed by atoms with Gasteiger partial charge in [0.2, 0.25) is 0 Å². The van der Waals surface area contributed by atoms with Gasteiger partial charge in [0, 0.05) is 24.0 Å². The number of rotatable bonds is 5. The number of pyridine rings is 1. The number of aliphatic hydroxyl groups is 1. The molecule has 1 atom stereocenters. The molecule has 1 aliphatic heterocycles. The maximum absolute atomic E-state index is 13.3. The Hall–Kier alpha value is -4.23. The molecule has 1 saturated heterocycles. The molecule has 1 fully saturated rings. The van der Waals surface area contributed by atoms with Gasteiger partial charge in [-0.3, -0.25) is 14.6 Å². The third-order valence-corrected chi connectivity index (χ3v) is 6.28. The van der Waals surface area contributed by atoms with E-state index in [0.717, 1.165) is 11.3 Å². The first-order chi connectivity index (χ1) is 17.0. The molecule has 5 rings (SSSR count). The summed E-state index contributed by atoms with van der Waals surface area (Å²) >= 11 is 6.25. The molecule has 0 spiro atoms. The van der Waals surface area contributed by atoms with E-state index in [1.54, 1.807) is 54.3 Å². The van der Waals surface area contributed by atoms with E-state index < -0.39 is 17.7 Å². The summed E-state index contributed by atoms with van der Waals surface area (Å²) in [5.74, 6) is -1.74. The number of ketones is 1. The van der Waals surface area contributed by atoms with Crippen LogP contribution in [0.15, 0.2) is 90.9 Å². The predicted octanol–water partition coefficient (Wildman–Crippen LogP) is 4.85. The van der Waals surface area contributed by atoms with Crippen LogP contribution in [0.4, 0.5) is 0 Å². The van der Waals surface area contributed by atoms with Crippen LogP contribution in [0, 0.1) is 6.92 Å². The number of benzene rings is 2. The Morgan fingerprint density at radius 1 is 1.03 bits per heavy atom. The average Bonchev–Trinajstić information content (AvgIpc) is 3.37. The van der Waals surface area contributed by atoms with Crippen molar-refractivity contribution >= 4 is 29.1 Å². The van der Waals surface area contributed by atoms with Gasteiger partial charge in [-0.2, -0.15) is 5.10 Å². The van der Waals surface area contributed by atoms with Crippen LogP contribution in [0.2, 0.25) is 5.02 Å². The highest BCUT2D eigenvalue weighted by atomic mass is 35.5. The molecular weight excluding hydrogens is 464 g/mol. The van der Waals surface area contributed by atoms with Gasteiger partial charge < -0.3 is 10.0 Å². The van der Waals surface area contributed by atoms with E-state index in [4.69, 9.17) is 11.6 Å². The third kappa shape index (κ3) is 4.11.